The Balaban J connectivity index is 3.09. The normalized spacial score (nSPS) is 10.3. The fourth-order valence-corrected chi connectivity index (χ4v) is 3.11. The number of aliphatic hydroxyl groups excluding tert-OH is 1. The van der Waals surface area contributed by atoms with Crippen LogP contribution < -0.4 is 23.7 Å². The molecule has 0 atom stereocenters. The summed E-state index contributed by atoms with van der Waals surface area (Å²) in [6.45, 7) is -0.471. The Morgan fingerprint density at radius 3 is 1.79 bits per heavy atom. The number of phenolic OH excluding ortho intramolecular Hbond substituents is 1. The average molecular weight is 408 g/mol. The van der Waals surface area contributed by atoms with E-state index < -0.39 is 12.6 Å². The van der Waals surface area contributed by atoms with Gasteiger partial charge in [0.05, 0.1) is 54.8 Å². The van der Waals surface area contributed by atoms with Crippen LogP contribution in [0, 0.1) is 0 Å². The largest absolute Gasteiger partial charge is 0.504 e. The van der Waals surface area contributed by atoms with Crippen LogP contribution in [0.2, 0.25) is 0 Å². The van der Waals surface area contributed by atoms with E-state index in [1.807, 2.05) is 0 Å². The van der Waals surface area contributed by atoms with Crippen molar-refractivity contribution in [3.63, 3.8) is 0 Å². The van der Waals surface area contributed by atoms with Gasteiger partial charge in [-0.05, 0) is 17.7 Å². The molecular formula is C20H24O9. The van der Waals surface area contributed by atoms with Gasteiger partial charge in [0, 0.05) is 11.1 Å². The molecule has 2 aromatic carbocycles. The van der Waals surface area contributed by atoms with Gasteiger partial charge in [-0.1, -0.05) is 0 Å². The van der Waals surface area contributed by atoms with Crippen molar-refractivity contribution >= 4 is 5.97 Å². The van der Waals surface area contributed by atoms with Crippen molar-refractivity contribution < 1.29 is 43.4 Å². The van der Waals surface area contributed by atoms with Gasteiger partial charge in [-0.2, -0.15) is 0 Å². The Morgan fingerprint density at radius 2 is 1.34 bits per heavy atom. The molecular weight excluding hydrogens is 384 g/mol. The molecule has 0 saturated heterocycles. The van der Waals surface area contributed by atoms with Gasteiger partial charge < -0.3 is 38.6 Å². The first-order valence-corrected chi connectivity index (χ1v) is 8.43. The number of esters is 1. The van der Waals surface area contributed by atoms with Gasteiger partial charge in [-0.3, -0.25) is 0 Å². The van der Waals surface area contributed by atoms with Gasteiger partial charge in [0.2, 0.25) is 11.5 Å². The first kappa shape index (κ1) is 22.0. The van der Waals surface area contributed by atoms with Crippen LogP contribution in [0.25, 0.3) is 11.1 Å². The number of carbonyl (C=O) groups excluding carboxylic acids is 1. The highest BCUT2D eigenvalue weighted by Crippen LogP contribution is 2.53. The molecule has 0 radical (unpaired) electrons. The quantitative estimate of drug-likeness (QED) is 0.636. The van der Waals surface area contributed by atoms with Crippen molar-refractivity contribution in [3.05, 3.63) is 23.3 Å². The molecule has 2 rings (SSSR count). The van der Waals surface area contributed by atoms with E-state index >= 15 is 0 Å². The lowest BCUT2D eigenvalue weighted by molar-refractivity contribution is 0.0600. The molecule has 9 heteroatoms. The van der Waals surface area contributed by atoms with Gasteiger partial charge in [-0.25, -0.2) is 4.79 Å². The van der Waals surface area contributed by atoms with Crippen LogP contribution in [0.5, 0.6) is 34.5 Å². The molecule has 9 nitrogen and oxygen atoms in total. The van der Waals surface area contributed by atoms with Crippen molar-refractivity contribution in [3.8, 4) is 45.6 Å². The number of hydrogen-bond donors (Lipinski definition) is 2. The molecule has 0 aliphatic heterocycles. The van der Waals surface area contributed by atoms with E-state index in [2.05, 4.69) is 0 Å². The highest BCUT2D eigenvalue weighted by atomic mass is 16.5. The van der Waals surface area contributed by atoms with Crippen LogP contribution in [0.4, 0.5) is 0 Å². The molecule has 0 fully saturated rings. The zero-order valence-electron chi connectivity index (χ0n) is 17.1. The number of rotatable bonds is 8. The Bertz CT molecular complexity index is 906. The standard InChI is InChI=1S/C20H24O9/c1-24-12-7-10(9-21)14(16(22)17(12)26-3)15-11(20(23)29-6)8-13(25-2)18(27-4)19(15)28-5/h7-8,21-22H,9H2,1-6H3. The number of aromatic hydroxyl groups is 1. The molecule has 0 heterocycles. The van der Waals surface area contributed by atoms with Crippen molar-refractivity contribution in [1.82, 2.24) is 0 Å². The molecule has 0 amide bonds. The van der Waals surface area contributed by atoms with Crippen molar-refractivity contribution in [1.29, 1.82) is 0 Å². The molecule has 0 aromatic heterocycles. The summed E-state index contributed by atoms with van der Waals surface area (Å²) < 4.78 is 31.6. The topological polar surface area (TPSA) is 113 Å². The molecule has 2 aromatic rings. The number of benzene rings is 2. The van der Waals surface area contributed by atoms with Crippen LogP contribution in [0.3, 0.4) is 0 Å². The predicted molar refractivity (Wildman–Crippen MR) is 104 cm³/mol. The monoisotopic (exact) mass is 408 g/mol. The zero-order valence-corrected chi connectivity index (χ0v) is 17.1. The first-order chi connectivity index (χ1) is 13.9. The molecule has 2 N–H and O–H groups in total. The summed E-state index contributed by atoms with van der Waals surface area (Å²) in [5.74, 6) is -0.327. The fourth-order valence-electron chi connectivity index (χ4n) is 3.11. The van der Waals surface area contributed by atoms with Crippen molar-refractivity contribution in [2.45, 2.75) is 6.61 Å². The maximum atomic E-state index is 12.6. The lowest BCUT2D eigenvalue weighted by atomic mass is 9.92. The van der Waals surface area contributed by atoms with E-state index in [1.165, 1.54) is 54.8 Å². The van der Waals surface area contributed by atoms with Gasteiger partial charge in [0.15, 0.2) is 23.0 Å². The zero-order chi connectivity index (χ0) is 21.7. The maximum absolute atomic E-state index is 12.6. The highest BCUT2D eigenvalue weighted by molar-refractivity contribution is 6.03. The average Bonchev–Trinajstić information content (AvgIpc) is 2.76. The van der Waals surface area contributed by atoms with Crippen LogP contribution in [-0.2, 0) is 11.3 Å². The molecule has 0 aliphatic carbocycles. The third-order valence-electron chi connectivity index (χ3n) is 4.38. The number of carbonyl (C=O) groups is 1. The second kappa shape index (κ2) is 9.24. The summed E-state index contributed by atoms with van der Waals surface area (Å²) in [6, 6.07) is 2.89. The van der Waals surface area contributed by atoms with Crippen LogP contribution in [0.1, 0.15) is 15.9 Å². The Kier molecular flexibility index (Phi) is 7.00. The predicted octanol–water partition coefficient (Wildman–Crippen LogP) is 2.38. The molecule has 0 unspecified atom stereocenters. The first-order valence-electron chi connectivity index (χ1n) is 8.43. The Hall–Kier alpha value is -3.33. The lowest BCUT2D eigenvalue weighted by Gasteiger charge is -2.22. The van der Waals surface area contributed by atoms with Gasteiger partial charge >= 0.3 is 5.97 Å². The summed E-state index contributed by atoms with van der Waals surface area (Å²) in [6.07, 6.45) is 0. The smallest absolute Gasteiger partial charge is 0.338 e. The van der Waals surface area contributed by atoms with Crippen molar-refractivity contribution in [2.75, 3.05) is 42.7 Å². The van der Waals surface area contributed by atoms with E-state index in [1.54, 1.807) is 0 Å². The molecule has 0 spiro atoms. The molecule has 0 bridgehead atoms. The SMILES string of the molecule is COC(=O)c1cc(OC)c(OC)c(OC)c1-c1c(CO)cc(OC)c(OC)c1O. The number of hydrogen-bond acceptors (Lipinski definition) is 9. The number of phenols is 1. The minimum atomic E-state index is -0.711. The van der Waals surface area contributed by atoms with E-state index in [4.69, 9.17) is 28.4 Å². The third-order valence-corrected chi connectivity index (χ3v) is 4.38. The minimum Gasteiger partial charge on any atom is -0.504 e. The summed E-state index contributed by atoms with van der Waals surface area (Å²) >= 11 is 0. The van der Waals surface area contributed by atoms with Crippen LogP contribution in [0.15, 0.2) is 12.1 Å². The van der Waals surface area contributed by atoms with Gasteiger partial charge in [0.25, 0.3) is 0 Å². The number of ether oxygens (including phenoxy) is 6. The summed E-state index contributed by atoms with van der Waals surface area (Å²) in [5.41, 5.74) is 0.526. The Morgan fingerprint density at radius 1 is 0.793 bits per heavy atom. The van der Waals surface area contributed by atoms with E-state index in [-0.39, 0.29) is 56.8 Å². The molecule has 0 aliphatic rings. The molecule has 0 saturated carbocycles. The fraction of sp³-hybridized carbons (Fsp3) is 0.350. The second-order valence-corrected chi connectivity index (χ2v) is 5.71. The van der Waals surface area contributed by atoms with E-state index in [0.29, 0.717) is 0 Å². The van der Waals surface area contributed by atoms with E-state index in [0.717, 1.165) is 0 Å². The molecule has 29 heavy (non-hydrogen) atoms. The summed E-state index contributed by atoms with van der Waals surface area (Å²) in [4.78, 5) is 12.6. The number of aliphatic hydroxyl groups is 1. The van der Waals surface area contributed by atoms with Crippen LogP contribution >= 0.6 is 0 Å². The van der Waals surface area contributed by atoms with Crippen molar-refractivity contribution in [2.24, 2.45) is 0 Å². The van der Waals surface area contributed by atoms with Gasteiger partial charge in [-0.15, -0.1) is 0 Å². The highest BCUT2D eigenvalue weighted by Gasteiger charge is 2.31. The second-order valence-electron chi connectivity index (χ2n) is 5.71. The molecule has 158 valence electrons. The van der Waals surface area contributed by atoms with Gasteiger partial charge in [0.1, 0.15) is 0 Å². The van der Waals surface area contributed by atoms with E-state index in [9.17, 15) is 15.0 Å². The van der Waals surface area contributed by atoms with Crippen LogP contribution in [-0.4, -0.2) is 58.8 Å². The number of methoxy groups -OCH3 is 6. The maximum Gasteiger partial charge on any atom is 0.338 e. The third kappa shape index (κ3) is 3.68. The minimum absolute atomic E-state index is 0.0207. The lowest BCUT2D eigenvalue weighted by Crippen LogP contribution is -2.09. The summed E-state index contributed by atoms with van der Waals surface area (Å²) in [5, 5.41) is 20.9. The summed E-state index contributed by atoms with van der Waals surface area (Å²) in [7, 11) is 8.16. The Labute approximate surface area is 168 Å².